The number of unbranched alkanes of at least 4 members (excludes halogenated alkanes) is 1. The van der Waals surface area contributed by atoms with E-state index < -0.39 is 73.5 Å². The Labute approximate surface area is 262 Å². The van der Waals surface area contributed by atoms with E-state index in [9.17, 15) is 24.1 Å². The Balaban J connectivity index is 1.83. The first-order valence-electron chi connectivity index (χ1n) is 14.2. The first-order valence-corrected chi connectivity index (χ1v) is 16.8. The quantitative estimate of drug-likeness (QED) is 0.0854. The third-order valence-electron chi connectivity index (χ3n) is 6.91. The molecule has 2 aliphatic rings. The number of nitrogens with one attached hydrogen (secondary N) is 2. The van der Waals surface area contributed by atoms with Crippen LogP contribution in [0.5, 0.6) is 0 Å². The summed E-state index contributed by atoms with van der Waals surface area (Å²) in [4.78, 5) is 57.5. The van der Waals surface area contributed by atoms with Crippen LogP contribution in [0, 0.1) is 5.92 Å². The lowest BCUT2D eigenvalue weighted by molar-refractivity contribution is -0.266. The van der Waals surface area contributed by atoms with Gasteiger partial charge in [-0.25, -0.2) is 4.79 Å². The minimum absolute atomic E-state index is 0.0980. The molecule has 3 N–H and O–H groups in total. The van der Waals surface area contributed by atoms with Crippen LogP contribution >= 0.6 is 6.72 Å². The van der Waals surface area contributed by atoms with Crippen molar-refractivity contribution in [3.05, 3.63) is 0 Å². The summed E-state index contributed by atoms with van der Waals surface area (Å²) in [6, 6.07) is -0.834. The molecule has 1 saturated carbocycles. The number of urea groups is 1. The van der Waals surface area contributed by atoms with Crippen LogP contribution in [0.25, 0.3) is 0 Å². The van der Waals surface area contributed by atoms with Gasteiger partial charge in [0, 0.05) is 67.6 Å². The number of hydrogen-bond donors (Lipinski definition) is 3. The summed E-state index contributed by atoms with van der Waals surface area (Å²) in [5, 5.41) is 5.68. The average molecular weight is 673 g/mol. The molecule has 18 heteroatoms. The number of esters is 3. The standard InChI is InChI=1S/C26H45N2O14PS/c1-15(29)38-14-21-25(40-17(3)31)20(39-16(2)30)12-22(41-21)37-10-8-7-9-27-26(32)28-19-11-18(13-34-4)23(24(19)35-5)42-43(33,44)36-6/h18-25H,7-14H2,1-6H3,(H,33,44)(H2,27,28,32). The number of carbonyl (C=O) groups excluding carboxylic acids is 4. The number of amides is 2. The molecular weight excluding hydrogens is 627 g/mol. The predicted octanol–water partition coefficient (Wildman–Crippen LogP) is 0.922. The van der Waals surface area contributed by atoms with Crippen molar-refractivity contribution < 1.29 is 66.3 Å². The molecule has 254 valence electrons. The van der Waals surface area contributed by atoms with E-state index >= 15 is 0 Å². The normalized spacial score (nSPS) is 29.7. The summed E-state index contributed by atoms with van der Waals surface area (Å²) >= 11 is 5.00. The molecule has 0 bridgehead atoms. The molecule has 1 heterocycles. The lowest BCUT2D eigenvalue weighted by Gasteiger charge is -2.39. The van der Waals surface area contributed by atoms with E-state index in [-0.39, 0.29) is 25.6 Å². The van der Waals surface area contributed by atoms with Gasteiger partial charge < -0.3 is 57.7 Å². The van der Waals surface area contributed by atoms with E-state index in [2.05, 4.69) is 10.6 Å². The van der Waals surface area contributed by atoms with Gasteiger partial charge in [0.2, 0.25) is 0 Å². The number of methoxy groups -OCH3 is 2. The maximum atomic E-state index is 12.6. The lowest BCUT2D eigenvalue weighted by Crippen LogP contribution is -2.54. The van der Waals surface area contributed by atoms with Gasteiger partial charge in [0.1, 0.15) is 31.0 Å². The summed E-state index contributed by atoms with van der Waals surface area (Å²) in [6.07, 6.45) is -3.11. The Bertz CT molecular complexity index is 1010. The van der Waals surface area contributed by atoms with Gasteiger partial charge in [-0.15, -0.1) is 0 Å². The van der Waals surface area contributed by atoms with E-state index in [1.807, 2.05) is 0 Å². The molecule has 2 fully saturated rings. The van der Waals surface area contributed by atoms with Crippen LogP contribution < -0.4 is 10.6 Å². The predicted molar refractivity (Wildman–Crippen MR) is 156 cm³/mol. The summed E-state index contributed by atoms with van der Waals surface area (Å²) < 4.78 is 48.9. The highest BCUT2D eigenvalue weighted by Crippen LogP contribution is 2.48. The van der Waals surface area contributed by atoms with Crippen LogP contribution in [0.4, 0.5) is 4.79 Å². The van der Waals surface area contributed by atoms with Gasteiger partial charge in [0.15, 0.2) is 12.4 Å². The Morgan fingerprint density at radius 2 is 1.64 bits per heavy atom. The van der Waals surface area contributed by atoms with Crippen molar-refractivity contribution in [1.29, 1.82) is 0 Å². The third kappa shape index (κ3) is 12.8. The molecule has 1 aliphatic carbocycles. The van der Waals surface area contributed by atoms with E-state index in [4.69, 9.17) is 54.0 Å². The van der Waals surface area contributed by atoms with Crippen molar-refractivity contribution >= 4 is 42.5 Å². The maximum absolute atomic E-state index is 12.6. The van der Waals surface area contributed by atoms with Gasteiger partial charge in [-0.05, 0) is 31.1 Å². The Hall–Kier alpha value is -1.95. The molecule has 16 nitrogen and oxygen atoms in total. The highest BCUT2D eigenvalue weighted by molar-refractivity contribution is 8.07. The van der Waals surface area contributed by atoms with Crippen LogP contribution in [0.3, 0.4) is 0 Å². The fourth-order valence-corrected chi connectivity index (χ4v) is 6.10. The van der Waals surface area contributed by atoms with Gasteiger partial charge >= 0.3 is 30.7 Å². The second-order valence-electron chi connectivity index (χ2n) is 10.3. The van der Waals surface area contributed by atoms with Crippen LogP contribution in [0.2, 0.25) is 0 Å². The molecule has 2 rings (SSSR count). The van der Waals surface area contributed by atoms with Gasteiger partial charge in [0.05, 0.1) is 12.6 Å². The minimum atomic E-state index is -3.48. The first-order chi connectivity index (χ1) is 20.8. The second kappa shape index (κ2) is 18.9. The number of ether oxygens (including phenoxy) is 7. The third-order valence-corrected chi connectivity index (χ3v) is 8.59. The Morgan fingerprint density at radius 1 is 0.932 bits per heavy atom. The molecule has 9 unspecified atom stereocenters. The molecule has 9 atom stereocenters. The summed E-state index contributed by atoms with van der Waals surface area (Å²) in [6.45, 7) is 0.870. The Kier molecular flexibility index (Phi) is 16.4. The topological polar surface area (TPSA) is 196 Å². The van der Waals surface area contributed by atoms with Gasteiger partial charge in [-0.2, -0.15) is 0 Å². The highest BCUT2D eigenvalue weighted by atomic mass is 32.5. The fourth-order valence-electron chi connectivity index (χ4n) is 5.12. The minimum Gasteiger partial charge on any atom is -0.463 e. The molecular formula is C26H45N2O14PS. The Morgan fingerprint density at radius 3 is 2.23 bits per heavy atom. The van der Waals surface area contributed by atoms with Crippen molar-refractivity contribution in [2.75, 3.05) is 47.7 Å². The van der Waals surface area contributed by atoms with Crippen molar-refractivity contribution in [2.24, 2.45) is 5.92 Å². The number of carbonyl (C=O) groups is 4. The first kappa shape index (κ1) is 38.2. The summed E-state index contributed by atoms with van der Waals surface area (Å²) in [5.41, 5.74) is 0. The van der Waals surface area contributed by atoms with E-state index in [0.29, 0.717) is 32.4 Å². The fraction of sp³-hybridized carbons (Fsp3) is 0.846. The molecule has 1 aliphatic heterocycles. The van der Waals surface area contributed by atoms with Crippen molar-refractivity contribution in [2.45, 2.75) is 89.3 Å². The van der Waals surface area contributed by atoms with E-state index in [0.717, 1.165) is 0 Å². The average Bonchev–Trinajstić information content (AvgIpc) is 3.24. The van der Waals surface area contributed by atoms with Gasteiger partial charge in [0.25, 0.3) is 0 Å². The van der Waals surface area contributed by atoms with Gasteiger partial charge in [-0.3, -0.25) is 14.4 Å². The molecule has 0 spiro atoms. The van der Waals surface area contributed by atoms with E-state index in [1.54, 1.807) is 7.11 Å². The maximum Gasteiger partial charge on any atom is 0.324 e. The molecule has 44 heavy (non-hydrogen) atoms. The molecule has 0 aromatic rings. The van der Waals surface area contributed by atoms with Crippen LogP contribution in [-0.4, -0.2) is 119 Å². The lowest BCUT2D eigenvalue weighted by atomic mass is 10.0. The van der Waals surface area contributed by atoms with Crippen LogP contribution in [0.15, 0.2) is 0 Å². The second-order valence-corrected chi connectivity index (χ2v) is 13.2. The zero-order valence-electron chi connectivity index (χ0n) is 25.9. The summed E-state index contributed by atoms with van der Waals surface area (Å²) in [7, 11) is 4.29. The molecule has 0 aromatic heterocycles. The molecule has 1 saturated heterocycles. The van der Waals surface area contributed by atoms with Crippen LogP contribution in [-0.2, 0) is 68.4 Å². The SMILES string of the molecule is COCC1CC(NC(=O)NCCCCOC2CC(OC(C)=O)C(OC(C)=O)C(COC(C)=O)O2)C(OC)C1OP(O)(=S)OC. The monoisotopic (exact) mass is 672 g/mol. The van der Waals surface area contributed by atoms with Gasteiger partial charge in [-0.1, -0.05) is 0 Å². The number of rotatable bonds is 17. The molecule has 2 amide bonds. The van der Waals surface area contributed by atoms with Crippen molar-refractivity contribution in [3.63, 3.8) is 0 Å². The van der Waals surface area contributed by atoms with E-state index in [1.165, 1.54) is 35.0 Å². The largest absolute Gasteiger partial charge is 0.463 e. The zero-order chi connectivity index (χ0) is 32.9. The smallest absolute Gasteiger partial charge is 0.324 e. The molecule has 0 radical (unpaired) electrons. The highest BCUT2D eigenvalue weighted by Gasteiger charge is 2.47. The summed E-state index contributed by atoms with van der Waals surface area (Å²) in [5.74, 6) is -1.93. The van der Waals surface area contributed by atoms with Crippen molar-refractivity contribution in [1.82, 2.24) is 10.6 Å². The zero-order valence-corrected chi connectivity index (χ0v) is 27.6. The van der Waals surface area contributed by atoms with Crippen molar-refractivity contribution in [3.8, 4) is 0 Å². The molecule has 0 aromatic carbocycles. The number of hydrogen-bond acceptors (Lipinski definition) is 14. The van der Waals surface area contributed by atoms with Crippen LogP contribution in [0.1, 0.15) is 46.5 Å².